The molecule has 0 unspecified atom stereocenters. The number of hydrogen-bond donors (Lipinski definition) is 1. The molecule has 12 heteroatoms. The highest BCUT2D eigenvalue weighted by Crippen LogP contribution is 2.14. The maximum atomic E-state index is 12.6. The summed E-state index contributed by atoms with van der Waals surface area (Å²) in [6.07, 6.45) is 47.1. The molecule has 1 aliphatic heterocycles. The molecule has 0 aromatic rings. The second kappa shape index (κ2) is 52.8. The molecule has 0 saturated carbocycles. The third-order valence-corrected chi connectivity index (χ3v) is 12.7. The molecule has 418 valence electrons. The molecule has 0 aromatic heterocycles. The lowest BCUT2D eigenvalue weighted by molar-refractivity contribution is -0.159. The number of nitrogens with one attached hydrogen (secondary N) is 1. The van der Waals surface area contributed by atoms with Crippen molar-refractivity contribution in [3.05, 3.63) is 48.6 Å². The van der Waals surface area contributed by atoms with Crippen molar-refractivity contribution in [2.24, 2.45) is 0 Å². The smallest absolute Gasteiger partial charge is 0.317 e. The molecule has 0 radical (unpaired) electrons. The van der Waals surface area contributed by atoms with Crippen LogP contribution in [0.2, 0.25) is 0 Å². The summed E-state index contributed by atoms with van der Waals surface area (Å²) in [4.78, 5) is 41.9. The van der Waals surface area contributed by atoms with E-state index in [0.29, 0.717) is 65.3 Å². The number of carbonyl (C=O) groups excluding carboxylic acids is 3. The lowest BCUT2D eigenvalue weighted by atomic mass is 10.1. The Balaban J connectivity index is 2.35. The summed E-state index contributed by atoms with van der Waals surface area (Å²) in [7, 11) is 0. The zero-order valence-electron chi connectivity index (χ0n) is 46.7. The van der Waals surface area contributed by atoms with E-state index in [9.17, 15) is 14.4 Å². The van der Waals surface area contributed by atoms with E-state index in [0.717, 1.165) is 213 Å². The van der Waals surface area contributed by atoms with E-state index in [-0.39, 0.29) is 30.5 Å². The first kappa shape index (κ1) is 67.0. The summed E-state index contributed by atoms with van der Waals surface area (Å²) < 4.78 is 35.5. The van der Waals surface area contributed by atoms with E-state index in [1.165, 1.54) is 0 Å². The Hall–Kier alpha value is -3.03. The van der Waals surface area contributed by atoms with Crippen LogP contribution in [0.1, 0.15) is 227 Å². The Morgan fingerprint density at radius 2 is 0.819 bits per heavy atom. The van der Waals surface area contributed by atoms with E-state index < -0.39 is 0 Å². The van der Waals surface area contributed by atoms with E-state index in [1.807, 2.05) is 4.90 Å². The van der Waals surface area contributed by atoms with Gasteiger partial charge in [0.2, 0.25) is 0 Å². The molecule has 1 heterocycles. The highest BCUT2D eigenvalue weighted by molar-refractivity contribution is 5.76. The van der Waals surface area contributed by atoms with E-state index in [4.69, 9.17) is 28.4 Å². The number of rotatable bonds is 54. The third-order valence-electron chi connectivity index (χ3n) is 12.7. The van der Waals surface area contributed by atoms with Crippen LogP contribution in [0.5, 0.6) is 0 Å². The largest absolute Gasteiger partial charge is 0.466 e. The summed E-state index contributed by atoms with van der Waals surface area (Å²) in [5.41, 5.74) is 0. The number of esters is 2. The number of hydrogen-bond acceptors (Lipinski definition) is 10. The molecule has 1 saturated heterocycles. The second-order valence-corrected chi connectivity index (χ2v) is 19.3. The van der Waals surface area contributed by atoms with Gasteiger partial charge in [0.15, 0.2) is 12.6 Å². The molecule has 0 aromatic carbocycles. The van der Waals surface area contributed by atoms with Gasteiger partial charge in [-0.1, -0.05) is 115 Å². The fourth-order valence-electron chi connectivity index (χ4n) is 8.35. The minimum Gasteiger partial charge on any atom is -0.466 e. The molecule has 0 bridgehead atoms. The van der Waals surface area contributed by atoms with Gasteiger partial charge >= 0.3 is 18.0 Å². The number of unbranched alkanes of at least 4 members (excludes halogenated alkanes) is 16. The van der Waals surface area contributed by atoms with E-state index in [1.54, 1.807) is 0 Å². The number of carbonyl (C=O) groups is 3. The fraction of sp³-hybridized carbons (Fsp3) is 0.817. The van der Waals surface area contributed by atoms with Gasteiger partial charge in [-0.25, -0.2) is 4.79 Å². The lowest BCUT2D eigenvalue weighted by Crippen LogP contribution is -2.33. The van der Waals surface area contributed by atoms with Gasteiger partial charge in [-0.15, -0.1) is 0 Å². The summed E-state index contributed by atoms with van der Waals surface area (Å²) in [6.45, 7) is 17.5. The topological polar surface area (TPSA) is 125 Å². The maximum absolute atomic E-state index is 12.6. The number of urea groups is 1. The normalized spacial score (nSPS) is 13.3. The highest BCUT2D eigenvalue weighted by Gasteiger charge is 2.19. The average Bonchev–Trinajstić information content (AvgIpc) is 3.80. The summed E-state index contributed by atoms with van der Waals surface area (Å²) in [5, 5.41) is 2.92. The van der Waals surface area contributed by atoms with Crippen LogP contribution in [0.3, 0.4) is 0 Å². The second-order valence-electron chi connectivity index (χ2n) is 19.3. The molecule has 0 spiro atoms. The van der Waals surface area contributed by atoms with E-state index in [2.05, 4.69) is 86.5 Å². The van der Waals surface area contributed by atoms with Crippen LogP contribution in [0, 0.1) is 0 Å². The molecule has 0 aliphatic carbocycles. The average molecular weight is 1020 g/mol. The summed E-state index contributed by atoms with van der Waals surface area (Å²) >= 11 is 0. The Kier molecular flexibility index (Phi) is 49.1. The quantitative estimate of drug-likeness (QED) is 0.0272. The lowest BCUT2D eigenvalue weighted by Gasteiger charge is -2.24. The van der Waals surface area contributed by atoms with Crippen molar-refractivity contribution < 1.29 is 42.8 Å². The first-order valence-corrected chi connectivity index (χ1v) is 29.6. The first-order chi connectivity index (χ1) is 35.4. The molecule has 1 fully saturated rings. The monoisotopic (exact) mass is 1020 g/mol. The van der Waals surface area contributed by atoms with Gasteiger partial charge in [-0.05, 0) is 154 Å². The fourth-order valence-corrected chi connectivity index (χ4v) is 8.35. The van der Waals surface area contributed by atoms with Crippen molar-refractivity contribution in [1.82, 2.24) is 15.1 Å². The van der Waals surface area contributed by atoms with Crippen molar-refractivity contribution in [2.75, 3.05) is 78.9 Å². The maximum Gasteiger partial charge on any atom is 0.317 e. The SMILES string of the molecule is CC/C=C\CCCCOC(CCC(=O)OCCCCCCCN(CCCCCCCOC(=O)CCC(OCCCC/C=C\CC)OCCCC/C=C\CC)CCCN1CCNC1=O)OCCCC/C=C\CC. The van der Waals surface area contributed by atoms with Crippen molar-refractivity contribution in [1.29, 1.82) is 0 Å². The predicted molar refractivity (Wildman–Crippen MR) is 297 cm³/mol. The zero-order chi connectivity index (χ0) is 52.1. The number of allylic oxidation sites excluding steroid dienone is 8. The van der Waals surface area contributed by atoms with E-state index >= 15 is 0 Å². The molecule has 1 aliphatic rings. The first-order valence-electron chi connectivity index (χ1n) is 29.6. The Morgan fingerprint density at radius 3 is 1.18 bits per heavy atom. The van der Waals surface area contributed by atoms with Crippen LogP contribution in [-0.2, 0) is 38.0 Å². The Morgan fingerprint density at radius 1 is 0.472 bits per heavy atom. The molecular weight excluding hydrogens is 907 g/mol. The minimum atomic E-state index is -0.370. The number of nitrogens with zero attached hydrogens (tertiary/aromatic N) is 2. The van der Waals surface area contributed by atoms with Gasteiger partial charge in [0.25, 0.3) is 0 Å². The van der Waals surface area contributed by atoms with Crippen molar-refractivity contribution in [2.45, 2.75) is 239 Å². The zero-order valence-corrected chi connectivity index (χ0v) is 46.7. The number of amides is 2. The van der Waals surface area contributed by atoms with Gasteiger partial charge in [0.1, 0.15) is 0 Å². The Labute approximate surface area is 441 Å². The molecule has 1 N–H and O–H groups in total. The van der Waals surface area contributed by atoms with Crippen molar-refractivity contribution in [3.63, 3.8) is 0 Å². The highest BCUT2D eigenvalue weighted by atomic mass is 16.7. The van der Waals surface area contributed by atoms with Crippen molar-refractivity contribution in [3.8, 4) is 0 Å². The molecule has 1 rings (SSSR count). The van der Waals surface area contributed by atoms with Gasteiger partial charge in [0, 0.05) is 58.9 Å². The van der Waals surface area contributed by atoms with Crippen LogP contribution in [0.4, 0.5) is 4.79 Å². The molecule has 72 heavy (non-hydrogen) atoms. The van der Waals surface area contributed by atoms with Crippen LogP contribution in [-0.4, -0.2) is 119 Å². The summed E-state index contributed by atoms with van der Waals surface area (Å²) in [5.74, 6) is -0.346. The predicted octanol–water partition coefficient (Wildman–Crippen LogP) is 14.5. The van der Waals surface area contributed by atoms with Crippen LogP contribution < -0.4 is 5.32 Å². The van der Waals surface area contributed by atoms with Gasteiger partial charge in [0.05, 0.1) is 26.1 Å². The van der Waals surface area contributed by atoms with Gasteiger partial charge in [-0.2, -0.15) is 0 Å². The number of ether oxygens (including phenoxy) is 6. The van der Waals surface area contributed by atoms with Crippen LogP contribution >= 0.6 is 0 Å². The Bertz CT molecular complexity index is 1230. The standard InChI is InChI=1S/C60H109N3O9/c1-5-9-13-17-25-35-52-69-58(70-53-36-26-18-14-10-6-2)42-40-56(64)67-50-33-29-21-23-31-45-62(47-39-48-63-49-44-61-60(63)66)46-32-24-22-30-34-51-68-57(65)41-43-59(71-54-37-27-19-15-11-7-3)72-55-38-28-20-16-12-8-4/h9-16,58-59H,5-8,17-55H2,1-4H3,(H,61,66)/b13-9-,14-10-,15-11-,16-12-. The van der Waals surface area contributed by atoms with Crippen LogP contribution in [0.15, 0.2) is 48.6 Å². The molecule has 2 amide bonds. The third kappa shape index (κ3) is 44.5. The molecule has 12 nitrogen and oxygen atoms in total. The molecule has 0 atom stereocenters. The molecular formula is C60H109N3O9. The van der Waals surface area contributed by atoms with Crippen LogP contribution in [0.25, 0.3) is 0 Å². The minimum absolute atomic E-state index is 0.0559. The summed E-state index contributed by atoms with van der Waals surface area (Å²) in [6, 6.07) is 0.0559. The van der Waals surface area contributed by atoms with Crippen molar-refractivity contribution >= 4 is 18.0 Å². The van der Waals surface area contributed by atoms with Gasteiger partial charge in [-0.3, -0.25) is 9.59 Å². The van der Waals surface area contributed by atoms with Gasteiger partial charge < -0.3 is 43.5 Å².